The molecular weight excluding hydrogens is 314 g/mol. The standard InChI is InChI=1S/C21H27NO3/c1-25-18-7-4-14-10-17-16-6-5-15(23)11-21(16,19(14)20(18)24)8-9-22(17)12-13-2-3-13/h4,7,13,16-17,24H,2-3,5-6,8-12H2,1H3/t16?,17?,21-/m1/s1. The Bertz CT molecular complexity index is 726. The van der Waals surface area contributed by atoms with Crippen LogP contribution in [0.15, 0.2) is 12.1 Å². The number of nitrogens with zero attached hydrogens (tertiary/aromatic N) is 1. The zero-order valence-electron chi connectivity index (χ0n) is 15.0. The molecule has 1 aromatic carbocycles. The number of benzene rings is 1. The van der Waals surface area contributed by atoms with Gasteiger partial charge in [-0.2, -0.15) is 0 Å². The molecule has 1 aliphatic heterocycles. The topological polar surface area (TPSA) is 49.8 Å². The fourth-order valence-corrected chi connectivity index (χ4v) is 6.02. The van der Waals surface area contributed by atoms with Crippen molar-refractivity contribution in [1.82, 2.24) is 4.90 Å². The maximum absolute atomic E-state index is 12.4. The van der Waals surface area contributed by atoms with Gasteiger partial charge in [-0.25, -0.2) is 0 Å². The average molecular weight is 341 g/mol. The molecule has 5 rings (SSSR count). The first-order chi connectivity index (χ1) is 12.1. The van der Waals surface area contributed by atoms with E-state index in [-0.39, 0.29) is 11.2 Å². The Balaban J connectivity index is 1.63. The summed E-state index contributed by atoms with van der Waals surface area (Å²) in [4.78, 5) is 15.1. The lowest BCUT2D eigenvalue weighted by Crippen LogP contribution is -2.62. The van der Waals surface area contributed by atoms with E-state index >= 15 is 0 Å². The lowest BCUT2D eigenvalue weighted by Gasteiger charge is -2.58. The highest BCUT2D eigenvalue weighted by Crippen LogP contribution is 2.58. The van der Waals surface area contributed by atoms with E-state index in [0.29, 0.717) is 36.3 Å². The molecule has 1 N–H and O–H groups in total. The summed E-state index contributed by atoms with van der Waals surface area (Å²) in [6.07, 6.45) is 7.03. The number of aromatic hydroxyl groups is 1. The van der Waals surface area contributed by atoms with Crippen LogP contribution in [0.25, 0.3) is 0 Å². The van der Waals surface area contributed by atoms with Gasteiger partial charge >= 0.3 is 0 Å². The number of phenolic OH excluding ortho intramolecular Hbond substituents is 1. The van der Waals surface area contributed by atoms with E-state index in [9.17, 15) is 9.90 Å². The lowest BCUT2D eigenvalue weighted by molar-refractivity contribution is -0.127. The molecule has 4 heteroatoms. The number of piperidine rings is 1. The summed E-state index contributed by atoms with van der Waals surface area (Å²) in [5.74, 6) is 2.57. The Labute approximate surface area is 149 Å². The van der Waals surface area contributed by atoms with Gasteiger partial charge in [-0.15, -0.1) is 0 Å². The van der Waals surface area contributed by atoms with Gasteiger partial charge in [0.15, 0.2) is 11.5 Å². The minimum absolute atomic E-state index is 0.174. The van der Waals surface area contributed by atoms with Gasteiger partial charge in [0, 0.05) is 36.4 Å². The molecule has 4 aliphatic rings. The molecule has 0 radical (unpaired) electrons. The number of phenols is 1. The minimum Gasteiger partial charge on any atom is -0.504 e. The second-order valence-corrected chi connectivity index (χ2v) is 8.63. The Kier molecular flexibility index (Phi) is 3.43. The first-order valence-electron chi connectivity index (χ1n) is 9.77. The summed E-state index contributed by atoms with van der Waals surface area (Å²) in [5, 5.41) is 10.9. The van der Waals surface area contributed by atoms with Crippen LogP contribution in [0.1, 0.15) is 49.7 Å². The van der Waals surface area contributed by atoms with Gasteiger partial charge in [0.2, 0.25) is 0 Å². The molecule has 2 bridgehead atoms. The van der Waals surface area contributed by atoms with E-state index in [1.165, 1.54) is 24.9 Å². The quantitative estimate of drug-likeness (QED) is 0.918. The Hall–Kier alpha value is -1.55. The Morgan fingerprint density at radius 2 is 2.16 bits per heavy atom. The normalized spacial score (nSPS) is 34.4. The molecule has 1 aromatic rings. The van der Waals surface area contributed by atoms with Gasteiger partial charge < -0.3 is 9.84 Å². The highest BCUT2D eigenvalue weighted by atomic mass is 16.5. The molecule has 2 unspecified atom stereocenters. The monoisotopic (exact) mass is 341 g/mol. The molecular formula is C21H27NO3. The number of ether oxygens (including phenoxy) is 1. The van der Waals surface area contributed by atoms with Crippen LogP contribution in [-0.2, 0) is 16.6 Å². The first kappa shape index (κ1) is 15.7. The Morgan fingerprint density at radius 1 is 1.32 bits per heavy atom. The molecule has 134 valence electrons. The fourth-order valence-electron chi connectivity index (χ4n) is 6.02. The number of hydrogen-bond donors (Lipinski definition) is 1. The number of methoxy groups -OCH3 is 1. The zero-order valence-corrected chi connectivity index (χ0v) is 15.0. The number of rotatable bonds is 3. The molecule has 3 aliphatic carbocycles. The van der Waals surface area contributed by atoms with Gasteiger partial charge in [0.1, 0.15) is 5.78 Å². The smallest absolute Gasteiger partial charge is 0.161 e. The van der Waals surface area contributed by atoms with E-state index in [2.05, 4.69) is 11.0 Å². The van der Waals surface area contributed by atoms with Gasteiger partial charge in [-0.1, -0.05) is 6.07 Å². The predicted octanol–water partition coefficient (Wildman–Crippen LogP) is 3.05. The van der Waals surface area contributed by atoms with Crippen LogP contribution in [0.5, 0.6) is 11.5 Å². The summed E-state index contributed by atoms with van der Waals surface area (Å²) in [6, 6.07) is 4.54. The van der Waals surface area contributed by atoms with Crippen LogP contribution in [0, 0.1) is 11.8 Å². The summed E-state index contributed by atoms with van der Waals surface area (Å²) in [6.45, 7) is 2.28. The third-order valence-electron chi connectivity index (χ3n) is 7.30. The van der Waals surface area contributed by atoms with Crippen LogP contribution in [0.2, 0.25) is 0 Å². The molecule has 1 saturated heterocycles. The van der Waals surface area contributed by atoms with E-state index in [1.807, 2.05) is 6.07 Å². The fraction of sp³-hybridized carbons (Fsp3) is 0.667. The van der Waals surface area contributed by atoms with E-state index < -0.39 is 0 Å². The molecule has 0 amide bonds. The lowest BCUT2D eigenvalue weighted by atomic mass is 9.52. The molecule has 1 heterocycles. The van der Waals surface area contributed by atoms with Gasteiger partial charge in [0.05, 0.1) is 7.11 Å². The summed E-state index contributed by atoms with van der Waals surface area (Å²) < 4.78 is 5.39. The predicted molar refractivity (Wildman–Crippen MR) is 95.1 cm³/mol. The zero-order chi connectivity index (χ0) is 17.2. The van der Waals surface area contributed by atoms with Crippen LogP contribution < -0.4 is 4.74 Å². The SMILES string of the molecule is COc1ccc2c(c1O)[C@@]13CCN(CC4CC4)C(C2)C1CCC(=O)C3. The maximum Gasteiger partial charge on any atom is 0.161 e. The third kappa shape index (κ3) is 2.26. The van der Waals surface area contributed by atoms with E-state index in [4.69, 9.17) is 4.74 Å². The third-order valence-corrected chi connectivity index (χ3v) is 7.30. The van der Waals surface area contributed by atoms with Crippen molar-refractivity contribution in [2.45, 2.75) is 56.4 Å². The van der Waals surface area contributed by atoms with Crippen LogP contribution in [0.4, 0.5) is 0 Å². The molecule has 0 spiro atoms. The van der Waals surface area contributed by atoms with Crippen LogP contribution in [0.3, 0.4) is 0 Å². The van der Waals surface area contributed by atoms with Crippen molar-refractivity contribution >= 4 is 5.78 Å². The van der Waals surface area contributed by atoms with Gasteiger partial charge in [-0.05, 0) is 62.1 Å². The summed E-state index contributed by atoms with van der Waals surface area (Å²) >= 11 is 0. The molecule has 2 saturated carbocycles. The average Bonchev–Trinajstić information content (AvgIpc) is 3.41. The molecule has 3 fully saturated rings. The largest absolute Gasteiger partial charge is 0.504 e. The number of Topliss-reactive ketones (excluding diaryl/α,β-unsaturated/α-hetero) is 1. The highest BCUT2D eigenvalue weighted by Gasteiger charge is 2.57. The van der Waals surface area contributed by atoms with Crippen LogP contribution >= 0.6 is 0 Å². The highest BCUT2D eigenvalue weighted by molar-refractivity contribution is 5.82. The molecule has 0 aromatic heterocycles. The number of fused-ring (bicyclic) bond motifs is 1. The van der Waals surface area contributed by atoms with Gasteiger partial charge in [0.25, 0.3) is 0 Å². The molecule has 4 nitrogen and oxygen atoms in total. The van der Waals surface area contributed by atoms with E-state index in [0.717, 1.165) is 37.3 Å². The molecule has 3 atom stereocenters. The molecule has 25 heavy (non-hydrogen) atoms. The van der Waals surface area contributed by atoms with Crippen molar-refractivity contribution in [3.05, 3.63) is 23.3 Å². The number of ketones is 1. The van der Waals surface area contributed by atoms with Crippen molar-refractivity contribution in [1.29, 1.82) is 0 Å². The second-order valence-electron chi connectivity index (χ2n) is 8.63. The minimum atomic E-state index is -0.174. The number of carbonyl (C=O) groups excluding carboxylic acids is 1. The van der Waals surface area contributed by atoms with Crippen molar-refractivity contribution in [2.24, 2.45) is 11.8 Å². The Morgan fingerprint density at radius 3 is 2.92 bits per heavy atom. The van der Waals surface area contributed by atoms with Crippen LogP contribution in [-0.4, -0.2) is 42.0 Å². The van der Waals surface area contributed by atoms with Crippen molar-refractivity contribution in [2.75, 3.05) is 20.2 Å². The van der Waals surface area contributed by atoms with Crippen molar-refractivity contribution < 1.29 is 14.6 Å². The van der Waals surface area contributed by atoms with Crippen molar-refractivity contribution in [3.63, 3.8) is 0 Å². The number of carbonyl (C=O) groups is 1. The number of hydrogen-bond acceptors (Lipinski definition) is 4. The summed E-state index contributed by atoms with van der Waals surface area (Å²) in [7, 11) is 1.60. The van der Waals surface area contributed by atoms with Gasteiger partial charge in [-0.3, -0.25) is 9.69 Å². The van der Waals surface area contributed by atoms with Crippen molar-refractivity contribution in [3.8, 4) is 11.5 Å². The summed E-state index contributed by atoms with van der Waals surface area (Å²) in [5.41, 5.74) is 2.09. The first-order valence-corrected chi connectivity index (χ1v) is 9.77. The second kappa shape index (κ2) is 5.47. The number of likely N-dealkylation sites (tertiary alicyclic amines) is 1. The maximum atomic E-state index is 12.4. The van der Waals surface area contributed by atoms with E-state index in [1.54, 1.807) is 7.11 Å².